The maximum atomic E-state index is 5.99. The fourth-order valence-corrected chi connectivity index (χ4v) is 2.52. The van der Waals surface area contributed by atoms with Crippen molar-refractivity contribution in [3.63, 3.8) is 0 Å². The van der Waals surface area contributed by atoms with E-state index in [1.807, 2.05) is 0 Å². The van der Waals surface area contributed by atoms with Crippen molar-refractivity contribution < 1.29 is 9.47 Å². The second-order valence-electron chi connectivity index (χ2n) is 8.13. The van der Waals surface area contributed by atoms with Crippen molar-refractivity contribution in [2.75, 3.05) is 20.2 Å². The molecular formula is C17H35NO2. The van der Waals surface area contributed by atoms with Gasteiger partial charge in [-0.25, -0.2) is 0 Å². The van der Waals surface area contributed by atoms with Gasteiger partial charge in [0.2, 0.25) is 0 Å². The summed E-state index contributed by atoms with van der Waals surface area (Å²) in [6.07, 6.45) is 5.20. The van der Waals surface area contributed by atoms with Crippen molar-refractivity contribution in [3.05, 3.63) is 0 Å². The number of ether oxygens (including phenoxy) is 2. The molecular weight excluding hydrogens is 250 g/mol. The zero-order chi connectivity index (χ0) is 15.4. The van der Waals surface area contributed by atoms with Gasteiger partial charge in [0.15, 0.2) is 0 Å². The maximum absolute atomic E-state index is 5.99. The molecule has 0 atom stereocenters. The second-order valence-corrected chi connectivity index (χ2v) is 8.13. The van der Waals surface area contributed by atoms with Gasteiger partial charge in [0.1, 0.15) is 0 Å². The SMILES string of the molecule is CN(CCCCOC(C)(C)C)C1CC(OC(C)(C)C)C1. The monoisotopic (exact) mass is 285 g/mol. The predicted octanol–water partition coefficient (Wildman–Crippen LogP) is 3.86. The van der Waals surface area contributed by atoms with Crippen molar-refractivity contribution in [3.8, 4) is 0 Å². The van der Waals surface area contributed by atoms with E-state index in [4.69, 9.17) is 9.47 Å². The van der Waals surface area contributed by atoms with Crippen LogP contribution >= 0.6 is 0 Å². The molecule has 0 bridgehead atoms. The summed E-state index contributed by atoms with van der Waals surface area (Å²) in [5, 5.41) is 0. The highest BCUT2D eigenvalue weighted by Crippen LogP contribution is 2.30. The lowest BCUT2D eigenvalue weighted by atomic mass is 9.87. The van der Waals surface area contributed by atoms with Crippen LogP contribution in [-0.2, 0) is 9.47 Å². The minimum atomic E-state index is -0.00259. The van der Waals surface area contributed by atoms with Gasteiger partial charge in [-0.3, -0.25) is 0 Å². The average molecular weight is 285 g/mol. The van der Waals surface area contributed by atoms with Gasteiger partial charge in [-0.15, -0.1) is 0 Å². The third kappa shape index (κ3) is 7.61. The minimum absolute atomic E-state index is 0.00149. The van der Waals surface area contributed by atoms with Crippen molar-refractivity contribution in [1.82, 2.24) is 4.90 Å². The lowest BCUT2D eigenvalue weighted by molar-refractivity contribution is -0.117. The summed E-state index contributed by atoms with van der Waals surface area (Å²) in [4.78, 5) is 2.49. The standard InChI is InChI=1S/C17H35NO2/c1-16(2,3)19-11-9-8-10-18(7)14-12-15(13-14)20-17(4,5)6/h14-15H,8-13H2,1-7H3. The Balaban J connectivity index is 2.04. The zero-order valence-corrected chi connectivity index (χ0v) is 14.7. The molecule has 20 heavy (non-hydrogen) atoms. The smallest absolute Gasteiger partial charge is 0.0612 e. The van der Waals surface area contributed by atoms with Crippen LogP contribution in [0.3, 0.4) is 0 Å². The third-order valence-corrected chi connectivity index (χ3v) is 3.65. The van der Waals surface area contributed by atoms with Gasteiger partial charge in [0.05, 0.1) is 17.3 Å². The normalized spacial score (nSPS) is 24.0. The van der Waals surface area contributed by atoms with Crippen LogP contribution in [0.15, 0.2) is 0 Å². The van der Waals surface area contributed by atoms with Crippen LogP contribution in [0.1, 0.15) is 67.2 Å². The molecule has 0 unspecified atom stereocenters. The molecule has 1 fully saturated rings. The van der Waals surface area contributed by atoms with Gasteiger partial charge in [-0.2, -0.15) is 0 Å². The first kappa shape index (κ1) is 17.9. The van der Waals surface area contributed by atoms with E-state index in [9.17, 15) is 0 Å². The third-order valence-electron chi connectivity index (χ3n) is 3.65. The molecule has 0 amide bonds. The second kappa shape index (κ2) is 7.24. The quantitative estimate of drug-likeness (QED) is 0.663. The Morgan fingerprint density at radius 1 is 0.950 bits per heavy atom. The molecule has 0 spiro atoms. The van der Waals surface area contributed by atoms with Crippen LogP contribution in [0.2, 0.25) is 0 Å². The first-order valence-electron chi connectivity index (χ1n) is 8.09. The number of rotatable bonds is 7. The van der Waals surface area contributed by atoms with E-state index < -0.39 is 0 Å². The fourth-order valence-electron chi connectivity index (χ4n) is 2.52. The van der Waals surface area contributed by atoms with Crippen LogP contribution in [0.4, 0.5) is 0 Å². The van der Waals surface area contributed by atoms with Gasteiger partial charge in [0.25, 0.3) is 0 Å². The summed E-state index contributed by atoms with van der Waals surface area (Å²) in [7, 11) is 2.24. The number of hydrogen-bond donors (Lipinski definition) is 0. The molecule has 0 radical (unpaired) electrons. The van der Waals surface area contributed by atoms with E-state index in [-0.39, 0.29) is 11.2 Å². The molecule has 0 aromatic heterocycles. The molecule has 3 heteroatoms. The van der Waals surface area contributed by atoms with Crippen LogP contribution in [-0.4, -0.2) is 48.4 Å². The van der Waals surface area contributed by atoms with Crippen LogP contribution in [0.5, 0.6) is 0 Å². The molecule has 1 aliphatic rings. The van der Waals surface area contributed by atoms with E-state index in [1.54, 1.807) is 0 Å². The van der Waals surface area contributed by atoms with Crippen molar-refractivity contribution in [1.29, 1.82) is 0 Å². The zero-order valence-electron chi connectivity index (χ0n) is 14.7. The first-order chi connectivity index (χ1) is 9.07. The van der Waals surface area contributed by atoms with E-state index in [0.29, 0.717) is 12.1 Å². The fraction of sp³-hybridized carbons (Fsp3) is 1.00. The summed E-state index contributed by atoms with van der Waals surface area (Å²) < 4.78 is 11.7. The molecule has 3 nitrogen and oxygen atoms in total. The summed E-state index contributed by atoms with van der Waals surface area (Å²) in [6.45, 7) is 14.8. The number of nitrogens with zero attached hydrogens (tertiary/aromatic N) is 1. The average Bonchev–Trinajstić information content (AvgIpc) is 2.19. The van der Waals surface area contributed by atoms with Gasteiger partial charge in [0, 0.05) is 12.6 Å². The molecule has 0 heterocycles. The lowest BCUT2D eigenvalue weighted by Crippen LogP contribution is -2.48. The van der Waals surface area contributed by atoms with E-state index in [2.05, 4.69) is 53.5 Å². The van der Waals surface area contributed by atoms with Gasteiger partial charge >= 0.3 is 0 Å². The van der Waals surface area contributed by atoms with E-state index >= 15 is 0 Å². The Hall–Kier alpha value is -0.120. The van der Waals surface area contributed by atoms with Crippen molar-refractivity contribution in [2.24, 2.45) is 0 Å². The van der Waals surface area contributed by atoms with Crippen LogP contribution in [0.25, 0.3) is 0 Å². The Labute approximate surface area is 126 Å². The topological polar surface area (TPSA) is 21.7 Å². The summed E-state index contributed by atoms with van der Waals surface area (Å²) in [6, 6.07) is 0.714. The van der Waals surface area contributed by atoms with E-state index in [0.717, 1.165) is 13.0 Å². The Morgan fingerprint density at radius 3 is 2.05 bits per heavy atom. The summed E-state index contributed by atoms with van der Waals surface area (Å²) in [5.41, 5.74) is -0.00407. The highest BCUT2D eigenvalue weighted by Gasteiger charge is 2.34. The highest BCUT2D eigenvalue weighted by molar-refractivity contribution is 4.88. The molecule has 0 aromatic rings. The van der Waals surface area contributed by atoms with Gasteiger partial charge in [-0.05, 0) is 80.8 Å². The highest BCUT2D eigenvalue weighted by atomic mass is 16.5. The number of hydrogen-bond acceptors (Lipinski definition) is 3. The van der Waals surface area contributed by atoms with Gasteiger partial charge < -0.3 is 14.4 Å². The maximum Gasteiger partial charge on any atom is 0.0612 e. The predicted molar refractivity (Wildman–Crippen MR) is 85.2 cm³/mol. The molecule has 1 aliphatic carbocycles. The lowest BCUT2D eigenvalue weighted by Gasteiger charge is -2.43. The van der Waals surface area contributed by atoms with Gasteiger partial charge in [-0.1, -0.05) is 0 Å². The number of unbranched alkanes of at least 4 members (excludes halogenated alkanes) is 1. The van der Waals surface area contributed by atoms with Crippen LogP contribution < -0.4 is 0 Å². The van der Waals surface area contributed by atoms with Crippen LogP contribution in [0, 0.1) is 0 Å². The molecule has 1 saturated carbocycles. The molecule has 0 N–H and O–H groups in total. The molecule has 0 aliphatic heterocycles. The molecule has 0 aromatic carbocycles. The van der Waals surface area contributed by atoms with E-state index in [1.165, 1.54) is 25.8 Å². The Kier molecular flexibility index (Phi) is 6.49. The first-order valence-corrected chi connectivity index (χ1v) is 8.09. The summed E-state index contributed by atoms with van der Waals surface area (Å²) in [5.74, 6) is 0. The van der Waals surface area contributed by atoms with Crippen molar-refractivity contribution in [2.45, 2.75) is 90.6 Å². The van der Waals surface area contributed by atoms with Crippen molar-refractivity contribution >= 4 is 0 Å². The largest absolute Gasteiger partial charge is 0.376 e. The Morgan fingerprint density at radius 2 is 1.55 bits per heavy atom. The Bertz CT molecular complexity index is 272. The molecule has 120 valence electrons. The molecule has 1 rings (SSSR count). The minimum Gasteiger partial charge on any atom is -0.376 e. The molecule has 0 saturated heterocycles. The summed E-state index contributed by atoms with van der Waals surface area (Å²) >= 11 is 0.